The molecule has 1 aliphatic heterocycles. The lowest BCUT2D eigenvalue weighted by atomic mass is 9.44. The van der Waals surface area contributed by atoms with Gasteiger partial charge in [-0.25, -0.2) is 4.98 Å². The number of allylic oxidation sites excluding steroid dienone is 4. The third kappa shape index (κ3) is 5.04. The van der Waals surface area contributed by atoms with E-state index in [-0.39, 0.29) is 47.7 Å². The predicted molar refractivity (Wildman–Crippen MR) is 213 cm³/mol. The van der Waals surface area contributed by atoms with Crippen LogP contribution in [0.15, 0.2) is 150 Å². The van der Waals surface area contributed by atoms with Crippen molar-refractivity contribution in [3.05, 3.63) is 162 Å². The van der Waals surface area contributed by atoms with E-state index >= 15 is 9.59 Å². The van der Waals surface area contributed by atoms with Gasteiger partial charge in [-0.05, 0) is 78.4 Å². The van der Waals surface area contributed by atoms with Gasteiger partial charge in [0.25, 0.3) is 0 Å². The van der Waals surface area contributed by atoms with E-state index in [9.17, 15) is 14.7 Å². The molecule has 0 bridgehead atoms. The van der Waals surface area contributed by atoms with Gasteiger partial charge in [-0.1, -0.05) is 96.6 Å². The number of para-hydroxylation sites is 3. The number of carbonyl (C=O) groups is 4. The second-order valence-corrected chi connectivity index (χ2v) is 15.2. The molecule has 57 heavy (non-hydrogen) atoms. The smallest absolute Gasteiger partial charge is 0.238 e. The Morgan fingerprint density at radius 2 is 1.49 bits per heavy atom. The summed E-state index contributed by atoms with van der Waals surface area (Å²) in [5.74, 6) is -4.51. The molecule has 280 valence electrons. The summed E-state index contributed by atoms with van der Waals surface area (Å²) in [6, 6.07) is 38.1. The maximum Gasteiger partial charge on any atom is 0.238 e. The quantitative estimate of drug-likeness (QED) is 0.133. The monoisotopic (exact) mass is 752 g/mol. The lowest BCUT2D eigenvalue weighted by Crippen LogP contribution is -2.58. The van der Waals surface area contributed by atoms with Crippen LogP contribution >= 0.6 is 0 Å². The molecule has 0 unspecified atom stereocenters. The summed E-state index contributed by atoms with van der Waals surface area (Å²) in [5.41, 5.74) is 3.78. The first kappa shape index (κ1) is 34.6. The average molecular weight is 753 g/mol. The molecule has 1 saturated heterocycles. The van der Waals surface area contributed by atoms with Gasteiger partial charge in [0.2, 0.25) is 17.7 Å². The molecule has 5 aromatic carbocycles. The average Bonchev–Trinajstić information content (AvgIpc) is 3.80. The summed E-state index contributed by atoms with van der Waals surface area (Å²) in [5, 5.41) is 11.9. The van der Waals surface area contributed by atoms with Crippen LogP contribution < -0.4 is 9.64 Å². The van der Waals surface area contributed by atoms with Crippen molar-refractivity contribution in [1.82, 2.24) is 4.98 Å². The predicted octanol–water partition coefficient (Wildman–Crippen LogP) is 8.24. The number of anilines is 1. The lowest BCUT2D eigenvalue weighted by Gasteiger charge is -2.55. The number of methoxy groups -OCH3 is 1. The zero-order valence-electron chi connectivity index (χ0n) is 30.9. The highest BCUT2D eigenvalue weighted by Gasteiger charge is 2.66. The molecule has 1 N–H and O–H groups in total. The summed E-state index contributed by atoms with van der Waals surface area (Å²) >= 11 is 0. The molecule has 9 heteroatoms. The van der Waals surface area contributed by atoms with E-state index < -0.39 is 35.0 Å². The molecule has 0 spiro atoms. The van der Waals surface area contributed by atoms with Crippen LogP contribution in [-0.2, 0) is 24.6 Å². The number of aromatic nitrogens is 1. The van der Waals surface area contributed by atoms with Crippen LogP contribution in [-0.4, -0.2) is 40.6 Å². The van der Waals surface area contributed by atoms with Crippen molar-refractivity contribution in [2.24, 2.45) is 23.7 Å². The van der Waals surface area contributed by atoms with Crippen molar-refractivity contribution < 1.29 is 33.4 Å². The molecule has 10 rings (SSSR count). The highest BCUT2D eigenvalue weighted by molar-refractivity contribution is 6.32. The van der Waals surface area contributed by atoms with Crippen LogP contribution in [0, 0.1) is 23.7 Å². The van der Waals surface area contributed by atoms with E-state index in [2.05, 4.69) is 4.98 Å². The van der Waals surface area contributed by atoms with Gasteiger partial charge in [0, 0.05) is 28.5 Å². The van der Waals surface area contributed by atoms with E-state index in [0.29, 0.717) is 45.0 Å². The molecular formula is C48H36N2O7. The second-order valence-electron chi connectivity index (χ2n) is 15.2. The number of amides is 2. The summed E-state index contributed by atoms with van der Waals surface area (Å²) < 4.78 is 11.5. The molecule has 0 radical (unpaired) electrons. The summed E-state index contributed by atoms with van der Waals surface area (Å²) in [7, 11) is 1.46. The summed E-state index contributed by atoms with van der Waals surface area (Å²) in [6.45, 7) is 0. The normalized spacial score (nSPS) is 25.4. The van der Waals surface area contributed by atoms with Crippen LogP contribution in [0.2, 0.25) is 0 Å². The van der Waals surface area contributed by atoms with Crippen molar-refractivity contribution in [3.8, 4) is 23.0 Å². The van der Waals surface area contributed by atoms with Crippen molar-refractivity contribution in [2.75, 3.05) is 12.0 Å². The number of ether oxygens (including phenoxy) is 1. The molecule has 1 aromatic heterocycles. The SMILES string of the molecule is COc1cccc([C@H]2C3=CC[C@@H]4C(=O)N(c5ccc(-c6nc7ccccc7o6)cc5)C(=O)[C@@H]4[C@@H]3C[C@H]3C(=O)C(c4ccccc4)=CC(=O)[C@@]23c2ccccc2)c1O. The van der Waals surface area contributed by atoms with Gasteiger partial charge in [0.15, 0.2) is 28.6 Å². The molecule has 2 amide bonds. The summed E-state index contributed by atoms with van der Waals surface area (Å²) in [4.78, 5) is 65.5. The highest BCUT2D eigenvalue weighted by Crippen LogP contribution is 2.65. The van der Waals surface area contributed by atoms with Gasteiger partial charge >= 0.3 is 0 Å². The van der Waals surface area contributed by atoms with Gasteiger partial charge in [-0.2, -0.15) is 0 Å². The Morgan fingerprint density at radius 1 is 0.772 bits per heavy atom. The van der Waals surface area contributed by atoms with E-state index in [1.54, 1.807) is 42.5 Å². The largest absolute Gasteiger partial charge is 0.504 e. The minimum absolute atomic E-state index is 0.143. The number of fused-ring (bicyclic) bond motifs is 5. The first-order valence-corrected chi connectivity index (χ1v) is 19.1. The number of nitrogens with zero attached hydrogens (tertiary/aromatic N) is 2. The molecule has 1 saturated carbocycles. The number of oxazole rings is 1. The van der Waals surface area contributed by atoms with E-state index in [0.717, 1.165) is 11.1 Å². The molecule has 2 fully saturated rings. The fourth-order valence-electron chi connectivity index (χ4n) is 10.2. The number of aromatic hydroxyl groups is 1. The molecule has 3 aliphatic carbocycles. The van der Waals surface area contributed by atoms with E-state index in [4.69, 9.17) is 9.15 Å². The maximum absolute atomic E-state index is 15.3. The Hall–Kier alpha value is -6.87. The minimum Gasteiger partial charge on any atom is -0.504 e. The van der Waals surface area contributed by atoms with Crippen LogP contribution in [0.1, 0.15) is 35.4 Å². The number of Topliss-reactive ketones (excluding diaryl/α,β-unsaturated/α-hetero) is 1. The second kappa shape index (κ2) is 13.1. The maximum atomic E-state index is 15.3. The molecule has 4 aliphatic rings. The lowest BCUT2D eigenvalue weighted by molar-refractivity contribution is -0.135. The fourth-order valence-corrected chi connectivity index (χ4v) is 10.2. The Balaban J connectivity index is 1.11. The Morgan fingerprint density at radius 3 is 2.23 bits per heavy atom. The van der Waals surface area contributed by atoms with Gasteiger partial charge in [0.1, 0.15) is 5.52 Å². The standard InChI is InChI=1S/C48H36N2O7/c1-56-39-18-10-15-33(44(39)53)42-31-23-24-32-41(47(55)50(46(32)54)30-21-19-28(20-22-30)45-49-37-16-8-9-17-38(37)57-45)35(31)25-36-43(52)34(27-11-4-2-5-12-27)26-40(51)48(36,42)29-13-6-3-7-14-29/h2-23,26,32,35-36,41-42,53H,24-25H2,1H3/t32-,35+,36-,41-,42+,48-/m0/s1. The number of carbonyl (C=O) groups excluding carboxylic acids is 4. The van der Waals surface area contributed by atoms with Crippen molar-refractivity contribution in [3.63, 3.8) is 0 Å². The fraction of sp³-hybridized carbons (Fsp3) is 0.188. The molecule has 9 nitrogen and oxygen atoms in total. The number of hydrogen-bond donors (Lipinski definition) is 1. The van der Waals surface area contributed by atoms with E-state index in [1.807, 2.05) is 91.0 Å². The Kier molecular flexibility index (Phi) is 7.97. The molecule has 2 heterocycles. The van der Waals surface area contributed by atoms with E-state index in [1.165, 1.54) is 18.1 Å². The van der Waals surface area contributed by atoms with Gasteiger partial charge in [-0.15, -0.1) is 0 Å². The number of imide groups is 1. The number of phenols is 1. The Bertz CT molecular complexity index is 2670. The first-order chi connectivity index (χ1) is 27.8. The minimum atomic E-state index is -1.47. The van der Waals surface area contributed by atoms with Crippen molar-refractivity contribution in [1.29, 1.82) is 0 Å². The number of benzene rings is 5. The van der Waals surface area contributed by atoms with Crippen LogP contribution in [0.3, 0.4) is 0 Å². The third-order valence-electron chi connectivity index (χ3n) is 12.6. The molecule has 6 aromatic rings. The number of ketones is 2. The van der Waals surface area contributed by atoms with Gasteiger partial charge in [0.05, 0.1) is 30.0 Å². The Labute approximate surface area is 327 Å². The van der Waals surface area contributed by atoms with Crippen LogP contribution in [0.5, 0.6) is 11.5 Å². The number of phenolic OH excluding ortho intramolecular Hbond substituents is 1. The molecular weight excluding hydrogens is 717 g/mol. The zero-order valence-corrected chi connectivity index (χ0v) is 30.9. The third-order valence-corrected chi connectivity index (χ3v) is 12.6. The van der Waals surface area contributed by atoms with Crippen molar-refractivity contribution in [2.45, 2.75) is 24.2 Å². The van der Waals surface area contributed by atoms with Crippen molar-refractivity contribution >= 4 is 45.7 Å². The first-order valence-electron chi connectivity index (χ1n) is 19.1. The zero-order chi connectivity index (χ0) is 39.0. The topological polar surface area (TPSA) is 127 Å². The van der Waals surface area contributed by atoms with Crippen LogP contribution in [0.25, 0.3) is 28.1 Å². The van der Waals surface area contributed by atoms with Gasteiger partial charge in [-0.3, -0.25) is 24.1 Å². The highest BCUT2D eigenvalue weighted by atomic mass is 16.5. The van der Waals surface area contributed by atoms with Crippen LogP contribution in [0.4, 0.5) is 5.69 Å². The number of rotatable bonds is 6. The molecule has 6 atom stereocenters. The summed E-state index contributed by atoms with van der Waals surface area (Å²) in [6.07, 6.45) is 3.86. The van der Waals surface area contributed by atoms with Gasteiger partial charge < -0.3 is 14.3 Å². The number of hydrogen-bond acceptors (Lipinski definition) is 8.